The summed E-state index contributed by atoms with van der Waals surface area (Å²) in [5.41, 5.74) is 0.709. The smallest absolute Gasteiger partial charge is 0.363 e. The highest BCUT2D eigenvalue weighted by Gasteiger charge is 2.60. The lowest BCUT2D eigenvalue weighted by atomic mass is 9.67. The van der Waals surface area contributed by atoms with Crippen LogP contribution in [-0.4, -0.2) is 42.3 Å². The number of benzene rings is 2. The standard InChI is InChI=1S/C27H24F3N5O/c1-18-26(25(36)35(32-18)21-7-3-2-4-8-21)16-19-15-20(27(28,29)30)10-11-22(19)34-14-13-33(17-23(26)34)24-9-5-6-12-31-24/h2-12,15,23H,13-14,16-17H2,1H3/t23-,26+/m0/s1. The Morgan fingerprint density at radius 3 is 2.50 bits per heavy atom. The van der Waals surface area contributed by atoms with Gasteiger partial charge in [-0.2, -0.15) is 23.3 Å². The monoisotopic (exact) mass is 491 g/mol. The van der Waals surface area contributed by atoms with Crippen molar-refractivity contribution in [2.24, 2.45) is 10.5 Å². The molecule has 1 saturated heterocycles. The van der Waals surface area contributed by atoms with Crippen LogP contribution in [0, 0.1) is 5.41 Å². The molecule has 2 aromatic carbocycles. The molecule has 4 heterocycles. The van der Waals surface area contributed by atoms with Crippen LogP contribution in [0.25, 0.3) is 0 Å². The van der Waals surface area contributed by atoms with E-state index in [4.69, 9.17) is 0 Å². The molecule has 2 atom stereocenters. The topological polar surface area (TPSA) is 52.0 Å². The molecular weight excluding hydrogens is 467 g/mol. The fourth-order valence-electron chi connectivity index (χ4n) is 5.80. The molecule has 3 aliphatic heterocycles. The van der Waals surface area contributed by atoms with Gasteiger partial charge in [0.2, 0.25) is 0 Å². The zero-order valence-electron chi connectivity index (χ0n) is 19.6. The normalized spacial score (nSPS) is 23.6. The predicted octanol–water partition coefficient (Wildman–Crippen LogP) is 4.76. The van der Waals surface area contributed by atoms with E-state index in [0.29, 0.717) is 36.6 Å². The molecule has 3 aromatic rings. The van der Waals surface area contributed by atoms with Crippen LogP contribution in [0.5, 0.6) is 0 Å². The lowest BCUT2D eigenvalue weighted by molar-refractivity contribution is -0.137. The van der Waals surface area contributed by atoms with Crippen LogP contribution in [0.2, 0.25) is 0 Å². The second-order valence-corrected chi connectivity index (χ2v) is 9.47. The van der Waals surface area contributed by atoms with Gasteiger partial charge in [0, 0.05) is 31.5 Å². The Morgan fingerprint density at radius 1 is 1.00 bits per heavy atom. The summed E-state index contributed by atoms with van der Waals surface area (Å²) >= 11 is 0. The largest absolute Gasteiger partial charge is 0.416 e. The summed E-state index contributed by atoms with van der Waals surface area (Å²) in [7, 11) is 0. The van der Waals surface area contributed by atoms with Crippen molar-refractivity contribution in [2.75, 3.05) is 34.4 Å². The Kier molecular flexibility index (Phi) is 5.07. The van der Waals surface area contributed by atoms with Gasteiger partial charge in [-0.1, -0.05) is 24.3 Å². The van der Waals surface area contributed by atoms with Crippen LogP contribution < -0.4 is 14.8 Å². The minimum atomic E-state index is -4.46. The highest BCUT2D eigenvalue weighted by atomic mass is 19.4. The SMILES string of the molecule is CC1=NN(c2ccccc2)C(=O)[C@]12Cc1cc(C(F)(F)F)ccc1N1CCN(c3ccccn3)C[C@H]12. The second kappa shape index (κ2) is 8.08. The molecule has 1 amide bonds. The zero-order valence-corrected chi connectivity index (χ0v) is 19.6. The highest BCUT2D eigenvalue weighted by molar-refractivity contribution is 6.20. The number of alkyl halides is 3. The number of carbonyl (C=O) groups is 1. The number of para-hydroxylation sites is 1. The Morgan fingerprint density at radius 2 is 1.78 bits per heavy atom. The molecule has 0 aliphatic carbocycles. The van der Waals surface area contributed by atoms with Crippen molar-refractivity contribution in [3.8, 4) is 0 Å². The molecule has 0 unspecified atom stereocenters. The summed E-state index contributed by atoms with van der Waals surface area (Å²) in [6.07, 6.45) is -2.58. The van der Waals surface area contributed by atoms with Gasteiger partial charge in [-0.05, 0) is 61.4 Å². The van der Waals surface area contributed by atoms with Crippen molar-refractivity contribution in [2.45, 2.75) is 25.6 Å². The molecule has 1 aromatic heterocycles. The number of hydrogen-bond donors (Lipinski definition) is 0. The summed E-state index contributed by atoms with van der Waals surface area (Å²) in [5, 5.41) is 6.08. The molecule has 9 heteroatoms. The first-order valence-corrected chi connectivity index (χ1v) is 11.9. The van der Waals surface area contributed by atoms with Gasteiger partial charge in [0.05, 0.1) is 23.0 Å². The number of amides is 1. The number of pyridine rings is 1. The van der Waals surface area contributed by atoms with Gasteiger partial charge < -0.3 is 9.80 Å². The lowest BCUT2D eigenvalue weighted by Gasteiger charge is -2.53. The molecule has 0 N–H and O–H groups in total. The molecule has 3 aliphatic rings. The Hall–Kier alpha value is -3.88. The third-order valence-electron chi connectivity index (χ3n) is 7.58. The van der Waals surface area contributed by atoms with Crippen LogP contribution in [0.4, 0.5) is 30.4 Å². The molecule has 6 nitrogen and oxygen atoms in total. The van der Waals surface area contributed by atoms with Gasteiger partial charge in [-0.3, -0.25) is 4.79 Å². The maximum absolute atomic E-state index is 14.2. The number of hydrogen-bond acceptors (Lipinski definition) is 5. The summed E-state index contributed by atoms with van der Waals surface area (Å²) < 4.78 is 40.8. The van der Waals surface area contributed by atoms with Gasteiger partial charge in [-0.25, -0.2) is 4.98 Å². The maximum Gasteiger partial charge on any atom is 0.416 e. The van der Waals surface area contributed by atoms with E-state index in [2.05, 4.69) is 19.9 Å². The fourth-order valence-corrected chi connectivity index (χ4v) is 5.80. The van der Waals surface area contributed by atoms with E-state index in [1.165, 1.54) is 11.1 Å². The first-order valence-electron chi connectivity index (χ1n) is 11.9. The van der Waals surface area contributed by atoms with Gasteiger partial charge in [0.15, 0.2) is 0 Å². The number of nitrogens with zero attached hydrogens (tertiary/aromatic N) is 5. The molecule has 0 saturated carbocycles. The fraction of sp³-hybridized carbons (Fsp3) is 0.296. The number of aromatic nitrogens is 1. The third-order valence-corrected chi connectivity index (χ3v) is 7.58. The number of carbonyl (C=O) groups excluding carboxylic acids is 1. The molecule has 6 rings (SSSR count). The lowest BCUT2D eigenvalue weighted by Crippen LogP contribution is -2.67. The van der Waals surface area contributed by atoms with E-state index in [1.807, 2.05) is 55.5 Å². The Labute approximate surface area is 206 Å². The van der Waals surface area contributed by atoms with E-state index in [9.17, 15) is 18.0 Å². The van der Waals surface area contributed by atoms with Crippen molar-refractivity contribution >= 4 is 28.8 Å². The average molecular weight is 492 g/mol. The van der Waals surface area contributed by atoms with Crippen molar-refractivity contribution in [3.05, 3.63) is 84.1 Å². The molecule has 1 spiro atoms. The van der Waals surface area contributed by atoms with Crippen LogP contribution in [0.3, 0.4) is 0 Å². The second-order valence-electron chi connectivity index (χ2n) is 9.47. The van der Waals surface area contributed by atoms with Crippen LogP contribution >= 0.6 is 0 Å². The van der Waals surface area contributed by atoms with Crippen LogP contribution in [-0.2, 0) is 17.4 Å². The minimum absolute atomic E-state index is 0.154. The Bertz CT molecular complexity index is 1340. The summed E-state index contributed by atoms with van der Waals surface area (Å²) in [6, 6.07) is 18.4. The number of rotatable bonds is 2. The predicted molar refractivity (Wildman–Crippen MR) is 132 cm³/mol. The van der Waals surface area contributed by atoms with Gasteiger partial charge in [0.25, 0.3) is 5.91 Å². The number of fused-ring (bicyclic) bond motifs is 4. The van der Waals surface area contributed by atoms with Crippen molar-refractivity contribution in [1.29, 1.82) is 0 Å². The van der Waals surface area contributed by atoms with Gasteiger partial charge in [-0.15, -0.1) is 0 Å². The number of hydrazone groups is 1. The summed E-state index contributed by atoms with van der Waals surface area (Å²) in [5.74, 6) is 0.595. The van der Waals surface area contributed by atoms with Crippen LogP contribution in [0.1, 0.15) is 18.1 Å². The molecule has 1 fully saturated rings. The van der Waals surface area contributed by atoms with Gasteiger partial charge in [0.1, 0.15) is 11.2 Å². The van der Waals surface area contributed by atoms with Crippen LogP contribution in [0.15, 0.2) is 78.0 Å². The molecule has 36 heavy (non-hydrogen) atoms. The molecule has 184 valence electrons. The van der Waals surface area contributed by atoms with E-state index < -0.39 is 17.2 Å². The number of halogens is 3. The van der Waals surface area contributed by atoms with Crippen molar-refractivity contribution in [3.63, 3.8) is 0 Å². The highest BCUT2D eigenvalue weighted by Crippen LogP contribution is 2.49. The van der Waals surface area contributed by atoms with Crippen molar-refractivity contribution in [1.82, 2.24) is 4.98 Å². The van der Waals surface area contributed by atoms with E-state index in [1.54, 1.807) is 12.3 Å². The first-order chi connectivity index (χ1) is 17.3. The summed E-state index contributed by atoms with van der Waals surface area (Å²) in [6.45, 7) is 3.50. The number of anilines is 3. The van der Waals surface area contributed by atoms with E-state index in [0.717, 1.165) is 17.6 Å². The quantitative estimate of drug-likeness (QED) is 0.519. The van der Waals surface area contributed by atoms with Crippen molar-refractivity contribution < 1.29 is 18.0 Å². The molecular formula is C27H24F3N5O. The molecule has 0 bridgehead atoms. The maximum atomic E-state index is 14.2. The number of piperazine rings is 1. The Balaban J connectivity index is 1.48. The minimum Gasteiger partial charge on any atom is -0.363 e. The summed E-state index contributed by atoms with van der Waals surface area (Å²) in [4.78, 5) is 23.0. The van der Waals surface area contributed by atoms with E-state index in [-0.39, 0.29) is 18.4 Å². The zero-order chi connectivity index (χ0) is 25.1. The average Bonchev–Trinajstić information content (AvgIpc) is 3.14. The molecule has 0 radical (unpaired) electrons. The first kappa shape index (κ1) is 22.6. The third kappa shape index (κ3) is 3.37. The van der Waals surface area contributed by atoms with Gasteiger partial charge >= 0.3 is 6.18 Å². The van der Waals surface area contributed by atoms with E-state index >= 15 is 0 Å².